The molecule has 0 nitrogen and oxygen atoms in total. The van der Waals surface area contributed by atoms with Gasteiger partial charge in [-0.1, -0.05) is 124 Å². The van der Waals surface area contributed by atoms with E-state index in [-0.39, 0.29) is 10.8 Å². The van der Waals surface area contributed by atoms with Gasteiger partial charge in [0.05, 0.1) is 27.6 Å². The summed E-state index contributed by atoms with van der Waals surface area (Å²) < 4.78 is 249. The Morgan fingerprint density at radius 1 is 0.191 bits per heavy atom. The van der Waals surface area contributed by atoms with Crippen molar-refractivity contribution < 1.29 is 67.5 Å². The Kier molecular flexibility index (Phi) is 21.2. The third-order valence-corrected chi connectivity index (χ3v) is 22.2. The molecular formula is C78H74F24S4Sb4. The van der Waals surface area contributed by atoms with Gasteiger partial charge in [0.2, 0.25) is 82.9 Å². The van der Waals surface area contributed by atoms with Gasteiger partial charge in [-0.3, -0.25) is 0 Å². The van der Waals surface area contributed by atoms with Gasteiger partial charge in [-0.2, -0.15) is 0 Å². The van der Waals surface area contributed by atoms with Crippen molar-refractivity contribution in [3.05, 3.63) is 199 Å². The molecule has 4 heterocycles. The number of rotatable bonds is 4. The third-order valence-electron chi connectivity index (χ3n) is 17.7. The molecule has 13 rings (SSSR count). The van der Waals surface area contributed by atoms with E-state index in [0.717, 1.165) is 0 Å². The zero-order valence-corrected chi connectivity index (χ0v) is 75.5. The number of aryl methyl sites for hydroxylation is 12. The first-order valence-electron chi connectivity index (χ1n) is 33.2. The van der Waals surface area contributed by atoms with Crippen LogP contribution in [-0.2, 0) is 10.8 Å². The first kappa shape index (κ1) is 88.9. The first-order valence-corrected chi connectivity index (χ1v) is 59.7. The quantitative estimate of drug-likeness (QED) is 0.0713. The molecule has 0 atom stereocenters. The average Bonchev–Trinajstić information content (AvgIpc) is 0.709. The summed E-state index contributed by atoms with van der Waals surface area (Å²) in [6, 6.07) is 49.2. The molecule has 4 aromatic heterocycles. The summed E-state index contributed by atoms with van der Waals surface area (Å²) in [6.45, 7) is 41.6. The molecule has 0 radical (unpaired) electrons. The van der Waals surface area contributed by atoms with Crippen LogP contribution in [0.15, 0.2) is 121 Å². The van der Waals surface area contributed by atoms with Crippen LogP contribution in [0.5, 0.6) is 0 Å². The number of fused-ring (bicyclic) bond motifs is 8. The van der Waals surface area contributed by atoms with Crippen LogP contribution in [0, 0.1) is 83.1 Å². The van der Waals surface area contributed by atoms with Crippen molar-refractivity contribution in [1.29, 1.82) is 0 Å². The molecule has 32 heteroatoms. The SMILES string of the molecule is Cc1cc(C)c(-c2c3cc(C(C)(C)C)ccc3[s+]c3cc4c(-c5c(C)cc(C)cc5C)c5cc6c(-c7c(C)cc(C)cc7C)c7cc8[s+]c9ccc(C(C)(C)C)cc9c(-c9c(C)cc(C)cc9C)c8cc7[s+]c6cc5[s+]c4cc23)c(C)c1.[F][Sb-]([F])([F])([F])([F])[F].[F][Sb-]([F])([F])([F])([F])[F].[F][Sb-]([F])([F])([F])([F])[F].[F][Sb-]([F])([F])([F])([F])[F]. The van der Waals surface area contributed by atoms with Crippen LogP contribution in [-0.4, -0.2) is 77.9 Å². The Bertz CT molecular complexity index is 5530. The van der Waals surface area contributed by atoms with E-state index in [2.05, 4.69) is 246 Å². The normalized spacial score (nSPS) is 15.2. The fraction of sp³-hybridized carbons (Fsp3) is 0.256. The van der Waals surface area contributed by atoms with Crippen molar-refractivity contribution >= 4 is 204 Å². The van der Waals surface area contributed by atoms with Crippen molar-refractivity contribution in [2.75, 3.05) is 0 Å². The average molecular weight is 2080 g/mol. The van der Waals surface area contributed by atoms with Gasteiger partial charge < -0.3 is 0 Å². The second kappa shape index (κ2) is 26.2. The molecule has 0 saturated carbocycles. The van der Waals surface area contributed by atoms with Crippen molar-refractivity contribution in [3.63, 3.8) is 0 Å². The summed E-state index contributed by atoms with van der Waals surface area (Å²) in [4.78, 5) is 0. The number of hydrogen-bond donors (Lipinski definition) is 0. The summed E-state index contributed by atoms with van der Waals surface area (Å²) in [5.74, 6) is 0. The molecule has 0 saturated heterocycles. The van der Waals surface area contributed by atoms with Gasteiger partial charge >= 0.3 is 145 Å². The van der Waals surface area contributed by atoms with Crippen LogP contribution in [0.3, 0.4) is 0 Å². The Labute approximate surface area is 644 Å². The van der Waals surface area contributed by atoms with Gasteiger partial charge in [-0.05, 0) is 190 Å². The fourth-order valence-electron chi connectivity index (χ4n) is 14.4. The van der Waals surface area contributed by atoms with Crippen molar-refractivity contribution in [1.82, 2.24) is 0 Å². The van der Waals surface area contributed by atoms with Gasteiger partial charge in [0, 0.05) is 80.2 Å². The van der Waals surface area contributed by atoms with Gasteiger partial charge in [0.1, 0.15) is 0 Å². The van der Waals surface area contributed by atoms with Crippen molar-refractivity contribution in [3.8, 4) is 44.5 Å². The van der Waals surface area contributed by atoms with E-state index < -0.39 is 77.9 Å². The number of benzene rings is 9. The molecule has 0 spiro atoms. The van der Waals surface area contributed by atoms with Gasteiger partial charge in [-0.15, -0.1) is 0 Å². The first-order chi connectivity index (χ1) is 48.6. The van der Waals surface area contributed by atoms with E-state index in [9.17, 15) is 67.5 Å². The molecule has 0 amide bonds. The summed E-state index contributed by atoms with van der Waals surface area (Å²) in [6.07, 6.45) is 0. The second-order valence-electron chi connectivity index (χ2n) is 30.3. The minimum atomic E-state index is -11.2. The zero-order valence-electron chi connectivity index (χ0n) is 62.0. The maximum absolute atomic E-state index is 11.2. The molecule has 9 aromatic carbocycles. The van der Waals surface area contributed by atoms with Crippen molar-refractivity contribution in [2.24, 2.45) is 0 Å². The monoisotopic (exact) mass is 2080 g/mol. The molecule has 110 heavy (non-hydrogen) atoms. The van der Waals surface area contributed by atoms with E-state index in [4.69, 9.17) is 0 Å². The van der Waals surface area contributed by atoms with E-state index in [1.807, 2.05) is 45.3 Å². The maximum atomic E-state index is 9.93. The van der Waals surface area contributed by atoms with Gasteiger partial charge in [0.25, 0.3) is 0 Å². The van der Waals surface area contributed by atoms with Crippen LogP contribution in [0.25, 0.3) is 125 Å². The molecule has 0 fully saturated rings. The molecule has 0 aliphatic carbocycles. The van der Waals surface area contributed by atoms with Crippen molar-refractivity contribution in [2.45, 2.75) is 135 Å². The van der Waals surface area contributed by atoms with Crippen LogP contribution < -0.4 is 0 Å². The molecule has 0 N–H and O–H groups in total. The fourth-order valence-corrected chi connectivity index (χ4v) is 18.9. The molecule has 598 valence electrons. The summed E-state index contributed by atoms with van der Waals surface area (Å²) in [5.41, 5.74) is 29.3. The molecular weight excluding hydrogens is 2010 g/mol. The zero-order chi connectivity index (χ0) is 83.5. The van der Waals surface area contributed by atoms with E-state index in [1.54, 1.807) is 0 Å². The van der Waals surface area contributed by atoms with E-state index in [0.29, 0.717) is 0 Å². The molecule has 13 aromatic rings. The Morgan fingerprint density at radius 3 is 0.527 bits per heavy atom. The van der Waals surface area contributed by atoms with E-state index in [1.165, 1.54) is 203 Å². The molecule has 0 aliphatic rings. The molecule has 0 bridgehead atoms. The molecule has 0 aliphatic heterocycles. The van der Waals surface area contributed by atoms with Crippen LogP contribution in [0.2, 0.25) is 0 Å². The number of hydrogen-bond acceptors (Lipinski definition) is 0. The van der Waals surface area contributed by atoms with E-state index >= 15 is 0 Å². The predicted molar refractivity (Wildman–Crippen MR) is 421 cm³/mol. The summed E-state index contributed by atoms with van der Waals surface area (Å²) >= 11 is -37.2. The van der Waals surface area contributed by atoms with Crippen LogP contribution in [0.4, 0.5) is 67.5 Å². The van der Waals surface area contributed by atoms with Gasteiger partial charge in [0.15, 0.2) is 0 Å². The summed E-state index contributed by atoms with van der Waals surface area (Å²) in [7, 11) is 0. The Morgan fingerprint density at radius 2 is 0.345 bits per heavy atom. The second-order valence-corrected chi connectivity index (χ2v) is 56.5. The third kappa shape index (κ3) is 24.5. The van der Waals surface area contributed by atoms with Gasteiger partial charge in [-0.25, -0.2) is 0 Å². The number of halogens is 24. The Balaban J connectivity index is 0.000000424. The standard InChI is InChI=1S/C78H74S4.24FH.4Sb/c1-39-23-43(5)69(44(6)24-39)73-53-31-51(77(13,14)15)19-21-61(53)79-63-34-59-65(36-57(63)73)81-67-38-68-56(33-55(67)75(59)71-47(9)27-41(3)28-48(71)10)76(72-49(11)29-42(4)30-50(72)12)60-35-64-58(37-66(60)82-68)74(70-45(7)25-40(2)26-46(70)8)54-32-52(78(16,17)18)20-22-62(54)80-64;;;;;;;;;;;;;;;;;;;;;;;;;;;;/h19-38H,1-18H3;24*1H;;;;/q+4;;;;;;;;;;;;;;;;;;;;;;;;;4*+5/p-24. The molecule has 0 unspecified atom stereocenters. The summed E-state index contributed by atoms with van der Waals surface area (Å²) in [5, 5.41) is 10.6. The minimum absolute atomic E-state index is 0.0108. The topological polar surface area (TPSA) is 0 Å². The predicted octanol–water partition coefficient (Wildman–Crippen LogP) is 33.8. The van der Waals surface area contributed by atoms with Crippen LogP contribution in [0.1, 0.15) is 119 Å². The Hall–Kier alpha value is -5.07. The van der Waals surface area contributed by atoms with Crippen LogP contribution >= 0.6 is 45.3 Å².